The maximum absolute atomic E-state index is 9.48. The van der Waals surface area contributed by atoms with Crippen molar-refractivity contribution in [2.24, 2.45) is 5.41 Å². The van der Waals surface area contributed by atoms with Gasteiger partial charge in [0, 0.05) is 31.4 Å². The number of hydrogen-bond acceptors (Lipinski definition) is 4. The Bertz CT molecular complexity index is 400. The van der Waals surface area contributed by atoms with E-state index < -0.39 is 0 Å². The van der Waals surface area contributed by atoms with Crippen molar-refractivity contribution in [3.63, 3.8) is 0 Å². The first-order valence-electron chi connectivity index (χ1n) is 7.02. The van der Waals surface area contributed by atoms with Crippen LogP contribution in [-0.2, 0) is 4.74 Å². The van der Waals surface area contributed by atoms with Gasteiger partial charge in [0.1, 0.15) is 0 Å². The molecular weight excluding hydrogens is 240 g/mol. The van der Waals surface area contributed by atoms with Crippen molar-refractivity contribution in [2.45, 2.75) is 12.5 Å². The molecule has 2 heterocycles. The molecule has 1 atom stereocenters. The first-order valence-corrected chi connectivity index (χ1v) is 7.02. The van der Waals surface area contributed by atoms with Crippen LogP contribution < -0.4 is 5.32 Å². The Morgan fingerprint density at radius 1 is 1.32 bits per heavy atom. The number of ether oxygens (including phenoxy) is 1. The monoisotopic (exact) mass is 262 g/mol. The van der Waals surface area contributed by atoms with Crippen molar-refractivity contribution in [1.82, 2.24) is 4.90 Å². The number of hydrogen-bond donors (Lipinski definition) is 2. The fourth-order valence-electron chi connectivity index (χ4n) is 2.96. The van der Waals surface area contributed by atoms with E-state index in [0.29, 0.717) is 19.3 Å². The highest BCUT2D eigenvalue weighted by molar-refractivity contribution is 5.43. The van der Waals surface area contributed by atoms with Crippen LogP contribution in [0.3, 0.4) is 0 Å². The number of aliphatic hydroxyl groups is 1. The second kappa shape index (κ2) is 5.49. The zero-order valence-electron chi connectivity index (χ0n) is 11.2. The number of likely N-dealkylation sites (tertiary alicyclic amines) is 1. The third kappa shape index (κ3) is 2.91. The molecule has 0 spiro atoms. The van der Waals surface area contributed by atoms with Gasteiger partial charge in [0.25, 0.3) is 0 Å². The molecule has 4 nitrogen and oxygen atoms in total. The van der Waals surface area contributed by atoms with E-state index in [-0.39, 0.29) is 12.0 Å². The van der Waals surface area contributed by atoms with Crippen molar-refractivity contribution in [3.8, 4) is 0 Å². The summed E-state index contributed by atoms with van der Waals surface area (Å²) >= 11 is 0. The number of rotatable bonds is 5. The summed E-state index contributed by atoms with van der Waals surface area (Å²) < 4.78 is 5.26. The minimum Gasteiger partial charge on any atom is -0.396 e. The highest BCUT2D eigenvalue weighted by atomic mass is 16.5. The average Bonchev–Trinajstić information content (AvgIpc) is 2.82. The molecule has 104 valence electrons. The smallest absolute Gasteiger partial charge is 0.0579 e. The molecule has 2 saturated heterocycles. The van der Waals surface area contributed by atoms with Gasteiger partial charge in [-0.1, -0.05) is 18.2 Å². The van der Waals surface area contributed by atoms with E-state index in [0.717, 1.165) is 26.1 Å². The normalized spacial score (nSPS) is 26.1. The quantitative estimate of drug-likeness (QED) is 0.836. The molecule has 2 N–H and O–H groups in total. The summed E-state index contributed by atoms with van der Waals surface area (Å²) in [5.74, 6) is 0. The van der Waals surface area contributed by atoms with E-state index in [1.165, 1.54) is 5.69 Å². The fourth-order valence-corrected chi connectivity index (χ4v) is 2.96. The van der Waals surface area contributed by atoms with E-state index >= 15 is 0 Å². The minimum absolute atomic E-state index is 0.00162. The maximum atomic E-state index is 9.48. The van der Waals surface area contributed by atoms with Crippen LogP contribution in [0.1, 0.15) is 6.42 Å². The molecule has 1 unspecified atom stereocenters. The Hall–Kier alpha value is -1.10. The first-order chi connectivity index (χ1) is 9.30. The Balaban J connectivity index is 1.50. The van der Waals surface area contributed by atoms with Gasteiger partial charge < -0.3 is 20.1 Å². The van der Waals surface area contributed by atoms with Gasteiger partial charge in [0.05, 0.1) is 25.2 Å². The van der Waals surface area contributed by atoms with Crippen LogP contribution >= 0.6 is 0 Å². The van der Waals surface area contributed by atoms with Crippen LogP contribution in [0.5, 0.6) is 0 Å². The summed E-state index contributed by atoms with van der Waals surface area (Å²) in [6.07, 6.45) is 1.16. The van der Waals surface area contributed by atoms with E-state index in [4.69, 9.17) is 4.74 Å². The van der Waals surface area contributed by atoms with Crippen LogP contribution in [-0.4, -0.2) is 55.5 Å². The van der Waals surface area contributed by atoms with Gasteiger partial charge in [-0.3, -0.25) is 0 Å². The predicted molar refractivity (Wildman–Crippen MR) is 75.2 cm³/mol. The number of para-hydroxylation sites is 1. The molecule has 0 saturated carbocycles. The molecule has 1 aromatic rings. The lowest BCUT2D eigenvalue weighted by molar-refractivity contribution is -0.146. The second-order valence-corrected chi connectivity index (χ2v) is 5.88. The summed E-state index contributed by atoms with van der Waals surface area (Å²) in [5, 5.41) is 13.1. The Morgan fingerprint density at radius 2 is 2.11 bits per heavy atom. The molecule has 1 aromatic carbocycles. The highest BCUT2D eigenvalue weighted by Crippen LogP contribution is 2.29. The standard InChI is InChI=1S/C15H22N2O2/c18-10-15(11-19-12-15)9-17-7-6-14(8-17)16-13-4-2-1-3-5-13/h1-5,14,16,18H,6-12H2. The van der Waals surface area contributed by atoms with Gasteiger partial charge in [-0.05, 0) is 18.6 Å². The average molecular weight is 262 g/mol. The molecule has 19 heavy (non-hydrogen) atoms. The van der Waals surface area contributed by atoms with Crippen molar-refractivity contribution >= 4 is 5.69 Å². The lowest BCUT2D eigenvalue weighted by Crippen LogP contribution is -2.53. The highest BCUT2D eigenvalue weighted by Gasteiger charge is 2.40. The SMILES string of the molecule is OCC1(CN2CCC(Nc3ccccc3)C2)COC1. The predicted octanol–water partition coefficient (Wildman–Crippen LogP) is 1.18. The number of aliphatic hydroxyl groups excluding tert-OH is 1. The number of benzene rings is 1. The van der Waals surface area contributed by atoms with Gasteiger partial charge in [-0.15, -0.1) is 0 Å². The molecular formula is C15H22N2O2. The third-order valence-electron chi connectivity index (χ3n) is 4.13. The first kappa shape index (κ1) is 12.9. The largest absolute Gasteiger partial charge is 0.396 e. The number of nitrogens with one attached hydrogen (secondary N) is 1. The summed E-state index contributed by atoms with van der Waals surface area (Å²) in [6, 6.07) is 10.9. The van der Waals surface area contributed by atoms with Crippen molar-refractivity contribution in [1.29, 1.82) is 0 Å². The van der Waals surface area contributed by atoms with Crippen LogP contribution in [0.25, 0.3) is 0 Å². The van der Waals surface area contributed by atoms with Crippen molar-refractivity contribution < 1.29 is 9.84 Å². The van der Waals surface area contributed by atoms with E-state index in [1.54, 1.807) is 0 Å². The summed E-state index contributed by atoms with van der Waals surface area (Å²) in [4.78, 5) is 2.44. The molecule has 2 aliphatic heterocycles. The summed E-state index contributed by atoms with van der Waals surface area (Å²) in [5.41, 5.74) is 1.19. The number of nitrogens with zero attached hydrogens (tertiary/aromatic N) is 1. The molecule has 4 heteroatoms. The van der Waals surface area contributed by atoms with E-state index in [9.17, 15) is 5.11 Å². The lowest BCUT2D eigenvalue weighted by Gasteiger charge is -2.42. The molecule has 2 fully saturated rings. The van der Waals surface area contributed by atoms with Gasteiger partial charge in [-0.25, -0.2) is 0 Å². The lowest BCUT2D eigenvalue weighted by atomic mass is 9.86. The van der Waals surface area contributed by atoms with Crippen LogP contribution in [0.4, 0.5) is 5.69 Å². The van der Waals surface area contributed by atoms with Crippen molar-refractivity contribution in [3.05, 3.63) is 30.3 Å². The van der Waals surface area contributed by atoms with E-state index in [2.05, 4.69) is 34.5 Å². The molecule has 0 amide bonds. The number of anilines is 1. The van der Waals surface area contributed by atoms with Crippen LogP contribution in [0.15, 0.2) is 30.3 Å². The van der Waals surface area contributed by atoms with Crippen molar-refractivity contribution in [2.75, 3.05) is 44.8 Å². The molecule has 0 bridgehead atoms. The zero-order chi connectivity index (χ0) is 13.1. The van der Waals surface area contributed by atoms with Gasteiger partial charge in [0.15, 0.2) is 0 Å². The Labute approximate surface area is 114 Å². The molecule has 3 rings (SSSR count). The zero-order valence-corrected chi connectivity index (χ0v) is 11.2. The summed E-state index contributed by atoms with van der Waals surface area (Å²) in [6.45, 7) is 4.76. The van der Waals surface area contributed by atoms with Crippen LogP contribution in [0, 0.1) is 5.41 Å². The second-order valence-electron chi connectivity index (χ2n) is 5.88. The maximum Gasteiger partial charge on any atom is 0.0579 e. The molecule has 0 aromatic heterocycles. The van der Waals surface area contributed by atoms with Gasteiger partial charge in [0.2, 0.25) is 0 Å². The van der Waals surface area contributed by atoms with Gasteiger partial charge in [-0.2, -0.15) is 0 Å². The summed E-state index contributed by atoms with van der Waals surface area (Å²) in [7, 11) is 0. The Kier molecular flexibility index (Phi) is 3.73. The minimum atomic E-state index is 0.00162. The fraction of sp³-hybridized carbons (Fsp3) is 0.600. The van der Waals surface area contributed by atoms with E-state index in [1.807, 2.05) is 6.07 Å². The third-order valence-corrected chi connectivity index (χ3v) is 4.13. The Morgan fingerprint density at radius 3 is 2.74 bits per heavy atom. The molecule has 0 radical (unpaired) electrons. The molecule has 0 aliphatic carbocycles. The topological polar surface area (TPSA) is 44.7 Å². The molecule has 2 aliphatic rings. The van der Waals surface area contributed by atoms with Gasteiger partial charge >= 0.3 is 0 Å². The van der Waals surface area contributed by atoms with Crippen LogP contribution in [0.2, 0.25) is 0 Å².